The van der Waals surface area contributed by atoms with Crippen molar-refractivity contribution in [3.05, 3.63) is 80.4 Å². The van der Waals surface area contributed by atoms with Gasteiger partial charge in [0, 0.05) is 25.2 Å². The molecule has 5 aromatic rings. The lowest BCUT2D eigenvalue weighted by molar-refractivity contribution is 0.498. The standard InChI is InChI=1S/C24H23N5O2S/c1-15(2)13-28-21-19(23(30)27(3)24(28)31)20(22-25-11-12-32-22)29(26-21)14-17-9-6-8-16-7-4-5-10-18(16)17/h4-12,15H,13-14H2,1-3H3. The fourth-order valence-electron chi connectivity index (χ4n) is 4.15. The maximum atomic E-state index is 13.3. The third-order valence-electron chi connectivity index (χ3n) is 5.61. The van der Waals surface area contributed by atoms with Crippen LogP contribution in [0.25, 0.3) is 32.5 Å². The molecule has 0 saturated heterocycles. The van der Waals surface area contributed by atoms with Crippen molar-refractivity contribution in [3.8, 4) is 10.7 Å². The predicted octanol–water partition coefficient (Wildman–Crippen LogP) is 3.88. The molecular weight excluding hydrogens is 422 g/mol. The number of thiazole rings is 1. The monoisotopic (exact) mass is 445 g/mol. The van der Waals surface area contributed by atoms with Gasteiger partial charge in [0.05, 0.1) is 6.54 Å². The van der Waals surface area contributed by atoms with E-state index in [0.717, 1.165) is 16.3 Å². The SMILES string of the molecule is CC(C)Cn1c(=O)n(C)c(=O)c2c(-c3nccs3)n(Cc3cccc4ccccc34)nc21. The van der Waals surface area contributed by atoms with E-state index in [9.17, 15) is 9.59 Å². The van der Waals surface area contributed by atoms with E-state index in [-0.39, 0.29) is 17.2 Å². The Kier molecular flexibility index (Phi) is 5.01. The van der Waals surface area contributed by atoms with Crippen LogP contribution in [0.2, 0.25) is 0 Å². The summed E-state index contributed by atoms with van der Waals surface area (Å²) < 4.78 is 4.60. The van der Waals surface area contributed by atoms with Gasteiger partial charge in [-0.2, -0.15) is 5.10 Å². The molecule has 3 heterocycles. The highest BCUT2D eigenvalue weighted by atomic mass is 32.1. The van der Waals surface area contributed by atoms with Gasteiger partial charge >= 0.3 is 5.69 Å². The maximum Gasteiger partial charge on any atom is 0.332 e. The number of aromatic nitrogens is 5. The highest BCUT2D eigenvalue weighted by Gasteiger charge is 2.24. The predicted molar refractivity (Wildman–Crippen MR) is 128 cm³/mol. The second kappa shape index (κ2) is 7.87. The van der Waals surface area contributed by atoms with Crippen LogP contribution in [-0.2, 0) is 20.1 Å². The summed E-state index contributed by atoms with van der Waals surface area (Å²) in [5.74, 6) is 0.222. The molecular formula is C24H23N5O2S. The minimum atomic E-state index is -0.350. The molecule has 7 nitrogen and oxygen atoms in total. The highest BCUT2D eigenvalue weighted by Crippen LogP contribution is 2.30. The van der Waals surface area contributed by atoms with E-state index in [2.05, 4.69) is 29.2 Å². The number of hydrogen-bond acceptors (Lipinski definition) is 5. The second-order valence-electron chi connectivity index (χ2n) is 8.33. The van der Waals surface area contributed by atoms with Crippen molar-refractivity contribution in [1.82, 2.24) is 23.9 Å². The summed E-state index contributed by atoms with van der Waals surface area (Å²) in [7, 11) is 1.52. The van der Waals surface area contributed by atoms with Gasteiger partial charge in [-0.1, -0.05) is 56.3 Å². The van der Waals surface area contributed by atoms with Gasteiger partial charge in [0.2, 0.25) is 0 Å². The molecule has 0 fully saturated rings. The van der Waals surface area contributed by atoms with E-state index in [4.69, 9.17) is 5.10 Å². The van der Waals surface area contributed by atoms with Crippen LogP contribution in [0.5, 0.6) is 0 Å². The molecule has 0 amide bonds. The number of benzene rings is 2. The second-order valence-corrected chi connectivity index (χ2v) is 9.23. The van der Waals surface area contributed by atoms with Crippen molar-refractivity contribution in [2.75, 3.05) is 0 Å². The zero-order valence-corrected chi connectivity index (χ0v) is 19.0. The number of rotatable bonds is 5. The molecule has 0 spiro atoms. The molecule has 162 valence electrons. The summed E-state index contributed by atoms with van der Waals surface area (Å²) in [6.07, 6.45) is 1.72. The van der Waals surface area contributed by atoms with Crippen LogP contribution in [0.15, 0.2) is 63.6 Å². The van der Waals surface area contributed by atoms with Gasteiger partial charge in [-0.05, 0) is 22.3 Å². The van der Waals surface area contributed by atoms with Gasteiger partial charge in [0.1, 0.15) is 16.1 Å². The molecule has 0 saturated carbocycles. The highest BCUT2D eigenvalue weighted by molar-refractivity contribution is 7.13. The van der Waals surface area contributed by atoms with Crippen molar-refractivity contribution in [2.45, 2.75) is 26.9 Å². The molecule has 2 aromatic carbocycles. The minimum Gasteiger partial charge on any atom is -0.276 e. The lowest BCUT2D eigenvalue weighted by Gasteiger charge is -2.10. The zero-order valence-electron chi connectivity index (χ0n) is 18.1. The summed E-state index contributed by atoms with van der Waals surface area (Å²) in [5, 5.41) is 10.1. The Balaban J connectivity index is 1.83. The van der Waals surface area contributed by atoms with E-state index < -0.39 is 0 Å². The maximum absolute atomic E-state index is 13.3. The smallest absolute Gasteiger partial charge is 0.276 e. The van der Waals surface area contributed by atoms with Crippen LogP contribution in [0.3, 0.4) is 0 Å². The van der Waals surface area contributed by atoms with Gasteiger partial charge in [0.25, 0.3) is 5.56 Å². The fraction of sp³-hybridized carbons (Fsp3) is 0.250. The number of nitrogens with zero attached hydrogens (tertiary/aromatic N) is 5. The molecule has 0 radical (unpaired) electrons. The first kappa shape index (κ1) is 20.4. The van der Waals surface area contributed by atoms with Crippen molar-refractivity contribution in [2.24, 2.45) is 13.0 Å². The van der Waals surface area contributed by atoms with E-state index >= 15 is 0 Å². The molecule has 0 atom stereocenters. The van der Waals surface area contributed by atoms with Crippen molar-refractivity contribution in [3.63, 3.8) is 0 Å². The van der Waals surface area contributed by atoms with Gasteiger partial charge in [-0.3, -0.25) is 18.6 Å². The quantitative estimate of drug-likeness (QED) is 0.412. The third kappa shape index (κ3) is 3.27. The van der Waals surface area contributed by atoms with Gasteiger partial charge < -0.3 is 0 Å². The molecule has 3 aromatic heterocycles. The normalized spacial score (nSPS) is 11.8. The molecule has 0 unspecified atom stereocenters. The first-order valence-corrected chi connectivity index (χ1v) is 11.4. The Hall–Kier alpha value is -3.52. The fourth-order valence-corrected chi connectivity index (χ4v) is 4.85. The molecule has 8 heteroatoms. The summed E-state index contributed by atoms with van der Waals surface area (Å²) in [4.78, 5) is 30.7. The van der Waals surface area contributed by atoms with Crippen molar-refractivity contribution in [1.29, 1.82) is 0 Å². The molecule has 0 aliphatic carbocycles. The van der Waals surface area contributed by atoms with Crippen molar-refractivity contribution < 1.29 is 0 Å². The van der Waals surface area contributed by atoms with E-state index in [0.29, 0.717) is 34.8 Å². The molecule has 5 rings (SSSR count). The van der Waals surface area contributed by atoms with Gasteiger partial charge in [0.15, 0.2) is 5.65 Å². The summed E-state index contributed by atoms with van der Waals surface area (Å²) in [6, 6.07) is 14.4. The molecule has 0 aliphatic heterocycles. The first-order chi connectivity index (χ1) is 15.5. The summed E-state index contributed by atoms with van der Waals surface area (Å²) in [6.45, 7) is 5.02. The van der Waals surface area contributed by atoms with Crippen LogP contribution in [0, 0.1) is 5.92 Å². The number of hydrogen-bond donors (Lipinski definition) is 0. The van der Waals surface area contributed by atoms with Crippen LogP contribution in [0.4, 0.5) is 0 Å². The molecule has 0 N–H and O–H groups in total. The van der Waals surface area contributed by atoms with Crippen LogP contribution < -0.4 is 11.2 Å². The first-order valence-electron chi connectivity index (χ1n) is 10.5. The zero-order chi connectivity index (χ0) is 22.4. The third-order valence-corrected chi connectivity index (χ3v) is 6.39. The van der Waals surface area contributed by atoms with Crippen LogP contribution in [0.1, 0.15) is 19.4 Å². The van der Waals surface area contributed by atoms with Gasteiger partial charge in [-0.15, -0.1) is 11.3 Å². The lowest BCUT2D eigenvalue weighted by Crippen LogP contribution is -2.38. The Bertz CT molecular complexity index is 1550. The summed E-state index contributed by atoms with van der Waals surface area (Å²) in [5.41, 5.74) is 1.46. The van der Waals surface area contributed by atoms with E-state index in [1.807, 2.05) is 42.1 Å². The van der Waals surface area contributed by atoms with E-state index in [1.165, 1.54) is 23.0 Å². The van der Waals surface area contributed by atoms with Gasteiger partial charge in [-0.25, -0.2) is 9.78 Å². The Labute approximate surface area is 188 Å². The number of fused-ring (bicyclic) bond motifs is 2. The van der Waals surface area contributed by atoms with Crippen LogP contribution >= 0.6 is 11.3 Å². The Morgan fingerprint density at radius 3 is 2.59 bits per heavy atom. The van der Waals surface area contributed by atoms with E-state index in [1.54, 1.807) is 10.8 Å². The Morgan fingerprint density at radius 1 is 1.06 bits per heavy atom. The van der Waals surface area contributed by atoms with Crippen LogP contribution in [-0.4, -0.2) is 23.9 Å². The average molecular weight is 446 g/mol. The molecule has 0 aliphatic rings. The topological polar surface area (TPSA) is 74.7 Å². The largest absolute Gasteiger partial charge is 0.332 e. The van der Waals surface area contributed by atoms with Crippen molar-refractivity contribution >= 4 is 33.1 Å². The lowest BCUT2D eigenvalue weighted by atomic mass is 10.0. The minimum absolute atomic E-state index is 0.222. The Morgan fingerprint density at radius 2 is 1.84 bits per heavy atom. The molecule has 32 heavy (non-hydrogen) atoms. The summed E-state index contributed by atoms with van der Waals surface area (Å²) >= 11 is 1.45. The average Bonchev–Trinajstić information content (AvgIpc) is 3.43. The molecule has 0 bridgehead atoms.